The number of benzene rings is 1. The summed E-state index contributed by atoms with van der Waals surface area (Å²) in [5, 5.41) is 2.75. The van der Waals surface area contributed by atoms with Gasteiger partial charge in [-0.25, -0.2) is 4.79 Å². The number of pyridine rings is 1. The summed E-state index contributed by atoms with van der Waals surface area (Å²) in [5.41, 5.74) is 1.63. The van der Waals surface area contributed by atoms with E-state index in [0.29, 0.717) is 6.54 Å². The van der Waals surface area contributed by atoms with E-state index in [2.05, 4.69) is 5.32 Å². The van der Waals surface area contributed by atoms with Gasteiger partial charge >= 0.3 is 6.09 Å². The number of alkyl carbamates (subject to hydrolysis) is 1. The largest absolute Gasteiger partial charge is 0.444 e. The Balaban J connectivity index is 1.93. The predicted molar refractivity (Wildman–Crippen MR) is 81.0 cm³/mol. The van der Waals surface area contributed by atoms with Crippen LogP contribution < -0.4 is 9.88 Å². The summed E-state index contributed by atoms with van der Waals surface area (Å²) in [6.07, 6.45) is 3.59. The van der Waals surface area contributed by atoms with Gasteiger partial charge in [0.15, 0.2) is 12.4 Å². The first-order chi connectivity index (χ1) is 9.94. The number of hydrogen-bond donors (Lipinski definition) is 1. The van der Waals surface area contributed by atoms with Crippen LogP contribution in [0.3, 0.4) is 0 Å². The average molecular weight is 285 g/mol. The zero-order valence-corrected chi connectivity index (χ0v) is 12.7. The van der Waals surface area contributed by atoms with Gasteiger partial charge in [0.25, 0.3) is 0 Å². The Morgan fingerprint density at radius 3 is 2.29 bits per heavy atom. The van der Waals surface area contributed by atoms with Gasteiger partial charge in [-0.2, -0.15) is 4.57 Å². The molecule has 0 aliphatic carbocycles. The maximum atomic E-state index is 11.6. The molecule has 1 N–H and O–H groups in total. The smallest absolute Gasteiger partial charge is 0.407 e. The number of hydrogen-bond acceptors (Lipinski definition) is 2. The highest BCUT2D eigenvalue weighted by Crippen LogP contribution is 2.08. The molecule has 1 amide bonds. The van der Waals surface area contributed by atoms with Crippen molar-refractivity contribution in [2.45, 2.75) is 32.9 Å². The Morgan fingerprint density at radius 1 is 1.10 bits per heavy atom. The van der Waals surface area contributed by atoms with Crippen LogP contribution in [0.25, 0.3) is 5.69 Å². The highest BCUT2D eigenvalue weighted by atomic mass is 16.6. The fraction of sp³-hybridized carbons (Fsp3) is 0.294. The first-order valence-electron chi connectivity index (χ1n) is 6.96. The molecule has 0 radical (unpaired) electrons. The average Bonchev–Trinajstić information content (AvgIpc) is 2.45. The second kappa shape index (κ2) is 6.39. The number of nitrogens with zero attached hydrogens (tertiary/aromatic N) is 1. The van der Waals surface area contributed by atoms with Crippen LogP contribution in [0.2, 0.25) is 0 Å². The predicted octanol–water partition coefficient (Wildman–Crippen LogP) is 2.99. The van der Waals surface area contributed by atoms with E-state index < -0.39 is 11.7 Å². The maximum Gasteiger partial charge on any atom is 0.407 e. The molecule has 0 saturated carbocycles. The molecule has 2 aromatic rings. The molecule has 4 nitrogen and oxygen atoms in total. The number of carbonyl (C=O) groups excluding carboxylic acids is 1. The molecule has 1 heterocycles. The van der Waals surface area contributed by atoms with Crippen molar-refractivity contribution >= 4 is 6.09 Å². The summed E-state index contributed by atoms with van der Waals surface area (Å²) in [4.78, 5) is 11.6. The van der Waals surface area contributed by atoms with E-state index in [1.165, 1.54) is 0 Å². The zero-order valence-electron chi connectivity index (χ0n) is 12.7. The molecule has 0 fully saturated rings. The lowest BCUT2D eigenvalue weighted by Crippen LogP contribution is -2.32. The molecule has 1 aromatic carbocycles. The number of ether oxygens (including phenoxy) is 1. The molecule has 2 rings (SSSR count). The molecule has 0 aliphatic rings. The third kappa shape index (κ3) is 4.91. The lowest BCUT2D eigenvalue weighted by molar-refractivity contribution is -0.595. The molecular weight excluding hydrogens is 264 g/mol. The number of nitrogens with one attached hydrogen (secondary N) is 1. The monoisotopic (exact) mass is 285 g/mol. The topological polar surface area (TPSA) is 42.2 Å². The van der Waals surface area contributed by atoms with Crippen LogP contribution in [0, 0.1) is 0 Å². The van der Waals surface area contributed by atoms with Gasteiger partial charge in [0.1, 0.15) is 5.60 Å². The van der Waals surface area contributed by atoms with Gasteiger partial charge < -0.3 is 10.1 Å². The standard InChI is InChI=1S/C17H20N2O2/c1-17(2,3)21-16(20)18-13-14-7-9-15(10-8-14)19-11-5-4-6-12-19/h4-12H,13H2,1-3H3/p+1. The van der Waals surface area contributed by atoms with Crippen LogP contribution in [0.1, 0.15) is 26.3 Å². The fourth-order valence-electron chi connectivity index (χ4n) is 1.85. The van der Waals surface area contributed by atoms with Gasteiger partial charge in [0.05, 0.1) is 0 Å². The van der Waals surface area contributed by atoms with Crippen LogP contribution in [-0.2, 0) is 11.3 Å². The molecule has 0 unspecified atom stereocenters. The molecule has 0 bridgehead atoms. The minimum Gasteiger partial charge on any atom is -0.444 e. The van der Waals surface area contributed by atoms with Crippen molar-refractivity contribution in [2.75, 3.05) is 0 Å². The van der Waals surface area contributed by atoms with E-state index >= 15 is 0 Å². The molecule has 0 spiro atoms. The Hall–Kier alpha value is -2.36. The van der Waals surface area contributed by atoms with E-state index in [9.17, 15) is 4.79 Å². The van der Waals surface area contributed by atoms with Crippen molar-refractivity contribution in [2.24, 2.45) is 0 Å². The van der Waals surface area contributed by atoms with Crippen LogP contribution in [0.15, 0.2) is 54.9 Å². The molecular formula is C17H21N2O2+. The second-order valence-electron chi connectivity index (χ2n) is 5.80. The zero-order chi connectivity index (χ0) is 15.3. The maximum absolute atomic E-state index is 11.6. The number of amides is 1. The van der Waals surface area contributed by atoms with E-state index in [4.69, 9.17) is 4.74 Å². The second-order valence-corrected chi connectivity index (χ2v) is 5.80. The lowest BCUT2D eigenvalue weighted by Gasteiger charge is -2.19. The molecule has 0 atom stereocenters. The Kier molecular flexibility index (Phi) is 4.58. The number of carbonyl (C=O) groups is 1. The van der Waals surface area contributed by atoms with Gasteiger partial charge in [-0.1, -0.05) is 18.2 Å². The van der Waals surface area contributed by atoms with Crippen LogP contribution in [-0.4, -0.2) is 11.7 Å². The highest BCUT2D eigenvalue weighted by molar-refractivity contribution is 5.67. The van der Waals surface area contributed by atoms with Gasteiger partial charge in [-0.05, 0) is 26.3 Å². The van der Waals surface area contributed by atoms with Gasteiger partial charge in [0.2, 0.25) is 5.69 Å². The summed E-state index contributed by atoms with van der Waals surface area (Å²) in [6.45, 7) is 5.99. The molecule has 21 heavy (non-hydrogen) atoms. The summed E-state index contributed by atoms with van der Waals surface area (Å²) in [6, 6.07) is 14.0. The van der Waals surface area contributed by atoms with Crippen LogP contribution in [0.5, 0.6) is 0 Å². The molecule has 1 aromatic heterocycles. The Labute approximate surface area is 125 Å². The van der Waals surface area contributed by atoms with Gasteiger partial charge in [0, 0.05) is 30.8 Å². The number of rotatable bonds is 3. The van der Waals surface area contributed by atoms with Gasteiger partial charge in [-0.15, -0.1) is 0 Å². The summed E-state index contributed by atoms with van der Waals surface area (Å²) >= 11 is 0. The van der Waals surface area contributed by atoms with Crippen molar-refractivity contribution in [1.29, 1.82) is 0 Å². The van der Waals surface area contributed by atoms with Crippen molar-refractivity contribution in [1.82, 2.24) is 5.32 Å². The van der Waals surface area contributed by atoms with Crippen molar-refractivity contribution in [3.8, 4) is 5.69 Å². The van der Waals surface area contributed by atoms with E-state index in [1.54, 1.807) is 0 Å². The summed E-state index contributed by atoms with van der Waals surface area (Å²) in [5.74, 6) is 0. The van der Waals surface area contributed by atoms with Crippen molar-refractivity contribution in [3.05, 3.63) is 60.4 Å². The quantitative estimate of drug-likeness (QED) is 0.881. The minimum atomic E-state index is -0.474. The normalized spacial score (nSPS) is 11.0. The first kappa shape index (κ1) is 15.0. The molecule has 0 saturated heterocycles. The van der Waals surface area contributed by atoms with Crippen LogP contribution >= 0.6 is 0 Å². The Morgan fingerprint density at radius 2 is 1.71 bits per heavy atom. The third-order valence-corrected chi connectivity index (χ3v) is 2.79. The highest BCUT2D eigenvalue weighted by Gasteiger charge is 2.15. The minimum absolute atomic E-state index is 0.399. The lowest BCUT2D eigenvalue weighted by atomic mass is 10.2. The van der Waals surface area contributed by atoms with Crippen molar-refractivity contribution < 1.29 is 14.1 Å². The summed E-state index contributed by atoms with van der Waals surface area (Å²) < 4.78 is 7.23. The molecule has 0 aliphatic heterocycles. The summed E-state index contributed by atoms with van der Waals surface area (Å²) in [7, 11) is 0. The first-order valence-corrected chi connectivity index (χ1v) is 6.96. The molecule has 110 valence electrons. The van der Waals surface area contributed by atoms with E-state index in [1.807, 2.05) is 80.2 Å². The van der Waals surface area contributed by atoms with Gasteiger partial charge in [-0.3, -0.25) is 0 Å². The van der Waals surface area contributed by atoms with E-state index in [0.717, 1.165) is 11.3 Å². The SMILES string of the molecule is CC(C)(C)OC(=O)NCc1ccc(-[n+]2ccccc2)cc1. The third-order valence-electron chi connectivity index (χ3n) is 2.79. The Bertz CT molecular complexity index is 586. The van der Waals surface area contributed by atoms with E-state index in [-0.39, 0.29) is 0 Å². The van der Waals surface area contributed by atoms with Crippen molar-refractivity contribution in [3.63, 3.8) is 0 Å². The molecule has 4 heteroatoms. The fourth-order valence-corrected chi connectivity index (χ4v) is 1.85. The van der Waals surface area contributed by atoms with Crippen LogP contribution in [0.4, 0.5) is 4.79 Å². The number of aromatic nitrogens is 1.